The fraction of sp³-hybridized carbons (Fsp3) is 0.269. The number of rotatable bonds is 10. The van der Waals surface area contributed by atoms with Gasteiger partial charge < -0.3 is 9.73 Å². The number of benzene rings is 2. The molecule has 2 aromatic carbocycles. The fourth-order valence-electron chi connectivity index (χ4n) is 3.63. The van der Waals surface area contributed by atoms with E-state index in [0.717, 1.165) is 24.8 Å². The Hall–Kier alpha value is -3.39. The lowest BCUT2D eigenvalue weighted by Gasteiger charge is -2.14. The summed E-state index contributed by atoms with van der Waals surface area (Å²) in [5.74, 6) is 0.557. The standard InChI is InChI=1S/C26H26FN3O3S/c1-2-3-4-12-30-25(32)22-11-10-19(24(31)28-16-21-9-6-13-33-21)15-23(22)29-26(30)34-17-18-7-5-8-20(27)14-18/h5-11,13-15H,2-4,12,16-17H2,1H3,(H,28,31). The van der Waals surface area contributed by atoms with E-state index in [1.165, 1.54) is 23.9 Å². The predicted octanol–water partition coefficient (Wildman–Crippen LogP) is 5.54. The van der Waals surface area contributed by atoms with E-state index >= 15 is 0 Å². The van der Waals surface area contributed by atoms with Crippen molar-refractivity contribution >= 4 is 28.6 Å². The molecule has 4 aromatic rings. The Bertz CT molecular complexity index is 1340. The van der Waals surface area contributed by atoms with Crippen molar-refractivity contribution in [2.24, 2.45) is 0 Å². The lowest BCUT2D eigenvalue weighted by Crippen LogP contribution is -2.25. The number of hydrogen-bond donors (Lipinski definition) is 1. The van der Waals surface area contributed by atoms with E-state index in [4.69, 9.17) is 9.40 Å². The third-order valence-corrected chi connectivity index (χ3v) is 6.48. The zero-order chi connectivity index (χ0) is 23.9. The number of unbranched alkanes of at least 4 members (excludes halogenated alkanes) is 2. The lowest BCUT2D eigenvalue weighted by molar-refractivity contribution is 0.0948. The molecule has 0 atom stereocenters. The van der Waals surface area contributed by atoms with Crippen molar-refractivity contribution < 1.29 is 13.6 Å². The number of nitrogens with one attached hydrogen (secondary N) is 1. The van der Waals surface area contributed by atoms with Gasteiger partial charge in [-0.2, -0.15) is 0 Å². The minimum atomic E-state index is -0.296. The molecule has 0 aliphatic rings. The van der Waals surface area contributed by atoms with Crippen molar-refractivity contribution in [3.63, 3.8) is 0 Å². The summed E-state index contributed by atoms with van der Waals surface area (Å²) in [6.45, 7) is 2.94. The smallest absolute Gasteiger partial charge is 0.262 e. The van der Waals surface area contributed by atoms with Gasteiger partial charge in [-0.1, -0.05) is 43.7 Å². The molecule has 0 saturated heterocycles. The maximum Gasteiger partial charge on any atom is 0.262 e. The second-order valence-corrected chi connectivity index (χ2v) is 8.91. The van der Waals surface area contributed by atoms with Gasteiger partial charge in [-0.25, -0.2) is 9.37 Å². The van der Waals surface area contributed by atoms with Gasteiger partial charge in [0, 0.05) is 17.9 Å². The van der Waals surface area contributed by atoms with Crippen LogP contribution >= 0.6 is 11.8 Å². The van der Waals surface area contributed by atoms with E-state index in [1.807, 2.05) is 6.07 Å². The molecule has 8 heteroatoms. The molecule has 0 bridgehead atoms. The van der Waals surface area contributed by atoms with E-state index in [1.54, 1.807) is 47.2 Å². The zero-order valence-electron chi connectivity index (χ0n) is 18.9. The minimum Gasteiger partial charge on any atom is -0.467 e. The molecule has 176 valence electrons. The SMILES string of the molecule is CCCCCn1c(SCc2cccc(F)c2)nc2cc(C(=O)NCc3ccco3)ccc2c1=O. The second-order valence-electron chi connectivity index (χ2n) is 7.97. The number of halogens is 1. The molecule has 2 aromatic heterocycles. The topological polar surface area (TPSA) is 77.1 Å². The normalized spacial score (nSPS) is 11.1. The lowest BCUT2D eigenvalue weighted by atomic mass is 10.1. The Morgan fingerprint density at radius 2 is 2.03 bits per heavy atom. The van der Waals surface area contributed by atoms with Crippen LogP contribution in [0.3, 0.4) is 0 Å². The highest BCUT2D eigenvalue weighted by Gasteiger charge is 2.15. The predicted molar refractivity (Wildman–Crippen MR) is 131 cm³/mol. The van der Waals surface area contributed by atoms with Crippen LogP contribution in [0, 0.1) is 5.82 Å². The highest BCUT2D eigenvalue weighted by atomic mass is 32.2. The van der Waals surface area contributed by atoms with Gasteiger partial charge >= 0.3 is 0 Å². The molecule has 2 heterocycles. The van der Waals surface area contributed by atoms with Crippen LogP contribution in [0.4, 0.5) is 4.39 Å². The zero-order valence-corrected chi connectivity index (χ0v) is 19.7. The molecule has 0 aliphatic heterocycles. The van der Waals surface area contributed by atoms with Gasteiger partial charge in [0.15, 0.2) is 5.16 Å². The third-order valence-electron chi connectivity index (χ3n) is 5.43. The second kappa shape index (κ2) is 11.2. The van der Waals surface area contributed by atoms with Crippen molar-refractivity contribution in [3.05, 3.63) is 93.9 Å². The van der Waals surface area contributed by atoms with Crippen molar-refractivity contribution in [2.75, 3.05) is 0 Å². The van der Waals surface area contributed by atoms with Crippen LogP contribution in [0.2, 0.25) is 0 Å². The number of fused-ring (bicyclic) bond motifs is 1. The van der Waals surface area contributed by atoms with Crippen molar-refractivity contribution in [1.82, 2.24) is 14.9 Å². The van der Waals surface area contributed by atoms with Crippen LogP contribution in [-0.4, -0.2) is 15.5 Å². The van der Waals surface area contributed by atoms with Crippen LogP contribution in [0.25, 0.3) is 10.9 Å². The maximum atomic E-state index is 13.6. The molecular formula is C26H26FN3O3S. The molecule has 0 aliphatic carbocycles. The number of furan rings is 1. The van der Waals surface area contributed by atoms with Gasteiger partial charge in [-0.05, 0) is 54.4 Å². The molecule has 0 unspecified atom stereocenters. The highest BCUT2D eigenvalue weighted by Crippen LogP contribution is 2.23. The molecule has 0 spiro atoms. The van der Waals surface area contributed by atoms with Crippen molar-refractivity contribution in [1.29, 1.82) is 0 Å². The number of nitrogens with zero attached hydrogens (tertiary/aromatic N) is 2. The Morgan fingerprint density at radius 3 is 2.79 bits per heavy atom. The van der Waals surface area contributed by atoms with E-state index in [2.05, 4.69) is 12.2 Å². The third kappa shape index (κ3) is 5.75. The number of thioether (sulfide) groups is 1. The summed E-state index contributed by atoms with van der Waals surface area (Å²) in [6.07, 6.45) is 4.46. The first-order valence-electron chi connectivity index (χ1n) is 11.3. The summed E-state index contributed by atoms with van der Waals surface area (Å²) in [6, 6.07) is 14.9. The first-order valence-corrected chi connectivity index (χ1v) is 12.3. The van der Waals surface area contributed by atoms with Crippen molar-refractivity contribution in [2.45, 2.75) is 50.2 Å². The van der Waals surface area contributed by atoms with Gasteiger partial charge in [0.1, 0.15) is 11.6 Å². The molecule has 4 rings (SSSR count). The number of amides is 1. The summed E-state index contributed by atoms with van der Waals surface area (Å²) in [4.78, 5) is 30.7. The van der Waals surface area contributed by atoms with E-state index in [9.17, 15) is 14.0 Å². The number of carbonyl (C=O) groups excluding carboxylic acids is 1. The minimum absolute atomic E-state index is 0.134. The van der Waals surface area contributed by atoms with Crippen LogP contribution < -0.4 is 10.9 Å². The maximum absolute atomic E-state index is 13.6. The molecule has 6 nitrogen and oxygen atoms in total. The molecule has 34 heavy (non-hydrogen) atoms. The number of hydrogen-bond acceptors (Lipinski definition) is 5. The molecule has 1 amide bonds. The molecule has 0 fully saturated rings. The summed E-state index contributed by atoms with van der Waals surface area (Å²) < 4.78 is 20.5. The van der Waals surface area contributed by atoms with Crippen LogP contribution in [0.15, 0.2) is 75.2 Å². The number of carbonyl (C=O) groups is 1. The van der Waals surface area contributed by atoms with Crippen molar-refractivity contribution in [3.8, 4) is 0 Å². The average molecular weight is 480 g/mol. The number of aromatic nitrogens is 2. The largest absolute Gasteiger partial charge is 0.467 e. The Labute approximate surface area is 201 Å². The summed E-state index contributed by atoms with van der Waals surface area (Å²) >= 11 is 1.39. The van der Waals surface area contributed by atoms with Gasteiger partial charge in [0.2, 0.25) is 0 Å². The van der Waals surface area contributed by atoms with Gasteiger partial charge in [-0.15, -0.1) is 0 Å². The molecular weight excluding hydrogens is 453 g/mol. The highest BCUT2D eigenvalue weighted by molar-refractivity contribution is 7.98. The first-order chi connectivity index (χ1) is 16.5. The summed E-state index contributed by atoms with van der Waals surface area (Å²) in [5.41, 5.74) is 1.55. The van der Waals surface area contributed by atoms with Crippen LogP contribution in [0.5, 0.6) is 0 Å². The van der Waals surface area contributed by atoms with Gasteiger partial charge in [-0.3, -0.25) is 14.2 Å². The Morgan fingerprint density at radius 1 is 1.15 bits per heavy atom. The molecule has 0 radical (unpaired) electrons. The average Bonchev–Trinajstić information content (AvgIpc) is 3.36. The summed E-state index contributed by atoms with van der Waals surface area (Å²) in [5, 5.41) is 3.84. The van der Waals surface area contributed by atoms with E-state index in [-0.39, 0.29) is 23.8 Å². The fourth-order valence-corrected chi connectivity index (χ4v) is 4.59. The first kappa shape index (κ1) is 23.8. The molecule has 0 saturated carbocycles. The van der Waals surface area contributed by atoms with Crippen LogP contribution in [0.1, 0.15) is 47.9 Å². The van der Waals surface area contributed by atoms with Gasteiger partial charge in [0.25, 0.3) is 11.5 Å². The Balaban J connectivity index is 1.63. The summed E-state index contributed by atoms with van der Waals surface area (Å²) in [7, 11) is 0. The molecule has 1 N–H and O–H groups in total. The monoisotopic (exact) mass is 479 g/mol. The van der Waals surface area contributed by atoms with E-state index in [0.29, 0.717) is 39.7 Å². The van der Waals surface area contributed by atoms with Crippen LogP contribution in [-0.2, 0) is 18.8 Å². The van der Waals surface area contributed by atoms with E-state index < -0.39 is 0 Å². The Kier molecular flexibility index (Phi) is 7.80. The van der Waals surface area contributed by atoms with Gasteiger partial charge in [0.05, 0.1) is 23.7 Å². The quantitative estimate of drug-likeness (QED) is 0.184.